The van der Waals surface area contributed by atoms with Gasteiger partial charge in [0, 0.05) is 6.04 Å². The van der Waals surface area contributed by atoms with Crippen molar-refractivity contribution in [2.24, 2.45) is 0 Å². The van der Waals surface area contributed by atoms with E-state index in [9.17, 15) is 0 Å². The van der Waals surface area contributed by atoms with E-state index in [-0.39, 0.29) is 6.04 Å². The molecule has 108 valence electrons. The second-order valence-electron chi connectivity index (χ2n) is 5.49. The summed E-state index contributed by atoms with van der Waals surface area (Å²) in [4.78, 5) is 0. The van der Waals surface area contributed by atoms with E-state index < -0.39 is 0 Å². The number of halogens is 1. The van der Waals surface area contributed by atoms with E-state index in [4.69, 9.17) is 16.9 Å². The lowest BCUT2D eigenvalue weighted by Gasteiger charge is -2.18. The summed E-state index contributed by atoms with van der Waals surface area (Å²) >= 11 is 6.18. The summed E-state index contributed by atoms with van der Waals surface area (Å²) in [6, 6.07) is 16.1. The van der Waals surface area contributed by atoms with Gasteiger partial charge in [-0.1, -0.05) is 49.7 Å². The summed E-state index contributed by atoms with van der Waals surface area (Å²) in [7, 11) is 0. The number of hydrogen-bond acceptors (Lipinski definition) is 2. The second-order valence-corrected chi connectivity index (χ2v) is 5.90. The van der Waals surface area contributed by atoms with Crippen molar-refractivity contribution in [2.75, 3.05) is 5.32 Å². The molecular weight excluding hydrogens is 280 g/mol. The monoisotopic (exact) mass is 298 g/mol. The third kappa shape index (κ3) is 3.77. The van der Waals surface area contributed by atoms with Crippen LogP contribution in [0.3, 0.4) is 0 Å². The normalized spacial score (nSPS) is 12.0. The van der Waals surface area contributed by atoms with E-state index in [0.717, 1.165) is 5.69 Å². The van der Waals surface area contributed by atoms with E-state index >= 15 is 0 Å². The zero-order valence-corrected chi connectivity index (χ0v) is 13.3. The lowest BCUT2D eigenvalue weighted by molar-refractivity contribution is 0.852. The quantitative estimate of drug-likeness (QED) is 0.808. The molecule has 0 bridgehead atoms. The Balaban J connectivity index is 2.18. The molecule has 0 aliphatic rings. The third-order valence-corrected chi connectivity index (χ3v) is 3.90. The van der Waals surface area contributed by atoms with Crippen LogP contribution in [0.15, 0.2) is 42.5 Å². The SMILES string of the molecule is CC(C)c1ccc(C(C)Nc2cc(C#N)ccc2Cl)cc1. The summed E-state index contributed by atoms with van der Waals surface area (Å²) in [6.07, 6.45) is 0. The van der Waals surface area contributed by atoms with Gasteiger partial charge in [-0.05, 0) is 42.2 Å². The topological polar surface area (TPSA) is 35.8 Å². The minimum atomic E-state index is 0.123. The van der Waals surface area contributed by atoms with Crippen molar-refractivity contribution in [1.82, 2.24) is 0 Å². The molecule has 0 aliphatic heterocycles. The Labute approximate surface area is 131 Å². The molecule has 0 radical (unpaired) electrons. The first-order chi connectivity index (χ1) is 10.0. The first kappa shape index (κ1) is 15.4. The van der Waals surface area contributed by atoms with Gasteiger partial charge in [0.15, 0.2) is 0 Å². The molecule has 2 aromatic carbocycles. The summed E-state index contributed by atoms with van der Waals surface area (Å²) in [5.41, 5.74) is 3.91. The Hall–Kier alpha value is -1.98. The Morgan fingerprint density at radius 3 is 2.19 bits per heavy atom. The molecule has 0 aromatic heterocycles. The van der Waals surface area contributed by atoms with Gasteiger partial charge in [-0.15, -0.1) is 0 Å². The van der Waals surface area contributed by atoms with Crippen LogP contribution in [0.5, 0.6) is 0 Å². The zero-order chi connectivity index (χ0) is 15.4. The highest BCUT2D eigenvalue weighted by Crippen LogP contribution is 2.27. The number of hydrogen-bond donors (Lipinski definition) is 1. The fourth-order valence-electron chi connectivity index (χ4n) is 2.19. The molecule has 1 atom stereocenters. The Morgan fingerprint density at radius 2 is 1.62 bits per heavy atom. The molecular formula is C18H19ClN2. The van der Waals surface area contributed by atoms with Crippen LogP contribution in [-0.4, -0.2) is 0 Å². The van der Waals surface area contributed by atoms with E-state index in [2.05, 4.69) is 56.4 Å². The van der Waals surface area contributed by atoms with Crippen LogP contribution in [0.1, 0.15) is 49.4 Å². The van der Waals surface area contributed by atoms with Crippen LogP contribution in [0.4, 0.5) is 5.69 Å². The molecule has 0 heterocycles. The van der Waals surface area contributed by atoms with Gasteiger partial charge in [-0.2, -0.15) is 5.26 Å². The van der Waals surface area contributed by atoms with Crippen LogP contribution in [0.2, 0.25) is 5.02 Å². The summed E-state index contributed by atoms with van der Waals surface area (Å²) < 4.78 is 0. The van der Waals surface area contributed by atoms with Crippen LogP contribution in [-0.2, 0) is 0 Å². The molecule has 2 rings (SSSR count). The Kier molecular flexibility index (Phi) is 4.88. The predicted molar refractivity (Wildman–Crippen MR) is 88.7 cm³/mol. The van der Waals surface area contributed by atoms with Crippen molar-refractivity contribution in [3.8, 4) is 6.07 Å². The maximum absolute atomic E-state index is 8.97. The fourth-order valence-corrected chi connectivity index (χ4v) is 2.36. The maximum atomic E-state index is 8.97. The number of nitriles is 1. The summed E-state index contributed by atoms with van der Waals surface area (Å²) in [5, 5.41) is 13.0. The molecule has 0 aliphatic carbocycles. The van der Waals surface area contributed by atoms with Crippen LogP contribution in [0, 0.1) is 11.3 Å². The highest BCUT2D eigenvalue weighted by molar-refractivity contribution is 6.33. The molecule has 0 saturated carbocycles. The number of benzene rings is 2. The van der Waals surface area contributed by atoms with Crippen molar-refractivity contribution in [2.45, 2.75) is 32.7 Å². The lowest BCUT2D eigenvalue weighted by Crippen LogP contribution is -2.07. The third-order valence-electron chi connectivity index (χ3n) is 3.57. The largest absolute Gasteiger partial charge is 0.377 e. The highest BCUT2D eigenvalue weighted by atomic mass is 35.5. The van der Waals surface area contributed by atoms with Gasteiger partial charge in [-0.3, -0.25) is 0 Å². The molecule has 21 heavy (non-hydrogen) atoms. The predicted octanol–water partition coefficient (Wildman–Crippen LogP) is 5.51. The number of rotatable bonds is 4. The van der Waals surface area contributed by atoms with Crippen LogP contribution < -0.4 is 5.32 Å². The molecule has 2 nitrogen and oxygen atoms in total. The summed E-state index contributed by atoms with van der Waals surface area (Å²) in [6.45, 7) is 6.45. The molecule has 0 amide bonds. The minimum Gasteiger partial charge on any atom is -0.377 e. The van der Waals surface area contributed by atoms with Gasteiger partial charge in [0.05, 0.1) is 22.3 Å². The van der Waals surface area contributed by atoms with Gasteiger partial charge >= 0.3 is 0 Å². The van der Waals surface area contributed by atoms with Gasteiger partial charge in [0.1, 0.15) is 0 Å². The first-order valence-electron chi connectivity index (χ1n) is 7.07. The highest BCUT2D eigenvalue weighted by Gasteiger charge is 2.09. The summed E-state index contributed by atoms with van der Waals surface area (Å²) in [5.74, 6) is 0.532. The van der Waals surface area contributed by atoms with E-state index in [1.807, 2.05) is 0 Å². The van der Waals surface area contributed by atoms with Crippen LogP contribution in [0.25, 0.3) is 0 Å². The lowest BCUT2D eigenvalue weighted by atomic mass is 9.99. The smallest absolute Gasteiger partial charge is 0.0992 e. The van der Waals surface area contributed by atoms with Crippen molar-refractivity contribution < 1.29 is 0 Å². The molecule has 0 fully saturated rings. The van der Waals surface area contributed by atoms with Gasteiger partial charge < -0.3 is 5.32 Å². The minimum absolute atomic E-state index is 0.123. The van der Waals surface area contributed by atoms with Gasteiger partial charge in [-0.25, -0.2) is 0 Å². The van der Waals surface area contributed by atoms with Gasteiger partial charge in [0.25, 0.3) is 0 Å². The molecule has 2 aromatic rings. The van der Waals surface area contributed by atoms with E-state index in [1.54, 1.807) is 18.2 Å². The number of anilines is 1. The Bertz CT molecular complexity index is 654. The average molecular weight is 299 g/mol. The molecule has 1 N–H and O–H groups in total. The maximum Gasteiger partial charge on any atom is 0.0992 e. The number of nitrogens with zero attached hydrogens (tertiary/aromatic N) is 1. The fraction of sp³-hybridized carbons (Fsp3) is 0.278. The molecule has 0 spiro atoms. The van der Waals surface area contributed by atoms with Crippen molar-refractivity contribution in [3.05, 3.63) is 64.2 Å². The first-order valence-corrected chi connectivity index (χ1v) is 7.45. The van der Waals surface area contributed by atoms with E-state index in [0.29, 0.717) is 16.5 Å². The molecule has 0 saturated heterocycles. The van der Waals surface area contributed by atoms with Crippen molar-refractivity contribution in [3.63, 3.8) is 0 Å². The van der Waals surface area contributed by atoms with E-state index in [1.165, 1.54) is 11.1 Å². The molecule has 1 unspecified atom stereocenters. The Morgan fingerprint density at radius 1 is 1.00 bits per heavy atom. The average Bonchev–Trinajstić information content (AvgIpc) is 2.49. The van der Waals surface area contributed by atoms with Crippen molar-refractivity contribution >= 4 is 17.3 Å². The van der Waals surface area contributed by atoms with Gasteiger partial charge in [0.2, 0.25) is 0 Å². The standard InChI is InChI=1S/C18H19ClN2/c1-12(2)15-5-7-16(8-6-15)13(3)21-18-10-14(11-20)4-9-17(18)19/h4-10,12-13,21H,1-3H3. The second kappa shape index (κ2) is 6.65. The van der Waals surface area contributed by atoms with Crippen molar-refractivity contribution in [1.29, 1.82) is 5.26 Å². The van der Waals surface area contributed by atoms with Crippen LogP contribution >= 0.6 is 11.6 Å². The number of nitrogens with one attached hydrogen (secondary N) is 1. The zero-order valence-electron chi connectivity index (χ0n) is 12.5. The molecule has 3 heteroatoms.